The average Bonchev–Trinajstić information content (AvgIpc) is 2.76. The van der Waals surface area contributed by atoms with Crippen molar-refractivity contribution < 1.29 is 22.7 Å². The third-order valence-corrected chi connectivity index (χ3v) is 6.52. The highest BCUT2D eigenvalue weighted by molar-refractivity contribution is 7.92. The van der Waals surface area contributed by atoms with Gasteiger partial charge in [-0.05, 0) is 37.1 Å². The SMILES string of the molecule is CC[C@H](C(=O)NC)N(Cc1cccc(C)c1)C(=O)CN(c1cc(Cl)ccc1OC)S(C)(=O)=O. The Hall–Kier alpha value is -2.78. The summed E-state index contributed by atoms with van der Waals surface area (Å²) in [7, 11) is -0.987. The molecule has 0 bridgehead atoms. The standard InChI is InChI=1S/C23H30ClN3O5S/c1-6-19(23(29)25-3)26(14-17-9-7-8-16(2)12-17)22(28)15-27(33(5,30)31)20-13-18(24)10-11-21(20)32-4/h7-13,19H,6,14-15H2,1-5H3,(H,25,29)/t19-/m1/s1. The first-order valence-electron chi connectivity index (χ1n) is 10.4. The Labute approximate surface area is 200 Å². The fraction of sp³-hybridized carbons (Fsp3) is 0.391. The highest BCUT2D eigenvalue weighted by Gasteiger charge is 2.32. The van der Waals surface area contributed by atoms with E-state index in [0.29, 0.717) is 11.4 Å². The van der Waals surface area contributed by atoms with Gasteiger partial charge >= 0.3 is 0 Å². The van der Waals surface area contributed by atoms with Gasteiger partial charge in [-0.15, -0.1) is 0 Å². The zero-order chi connectivity index (χ0) is 24.8. The van der Waals surface area contributed by atoms with E-state index in [1.807, 2.05) is 31.2 Å². The number of methoxy groups -OCH3 is 1. The molecule has 1 N–H and O–H groups in total. The van der Waals surface area contributed by atoms with Crippen molar-refractivity contribution in [3.05, 3.63) is 58.6 Å². The normalized spacial score (nSPS) is 12.1. The molecule has 0 fully saturated rings. The maximum absolute atomic E-state index is 13.5. The van der Waals surface area contributed by atoms with Crippen LogP contribution >= 0.6 is 11.6 Å². The lowest BCUT2D eigenvalue weighted by atomic mass is 10.1. The molecule has 33 heavy (non-hydrogen) atoms. The molecule has 10 heteroatoms. The summed E-state index contributed by atoms with van der Waals surface area (Å²) in [6.45, 7) is 3.36. The highest BCUT2D eigenvalue weighted by Crippen LogP contribution is 2.33. The molecule has 0 aliphatic carbocycles. The fourth-order valence-electron chi connectivity index (χ4n) is 3.55. The van der Waals surface area contributed by atoms with Gasteiger partial charge in [-0.1, -0.05) is 48.4 Å². The Morgan fingerprint density at radius 3 is 2.42 bits per heavy atom. The maximum Gasteiger partial charge on any atom is 0.244 e. The van der Waals surface area contributed by atoms with E-state index in [1.165, 1.54) is 31.2 Å². The zero-order valence-electron chi connectivity index (χ0n) is 19.5. The molecule has 2 amide bonds. The van der Waals surface area contributed by atoms with Gasteiger partial charge in [-0.2, -0.15) is 0 Å². The summed E-state index contributed by atoms with van der Waals surface area (Å²) < 4.78 is 31.6. The molecule has 2 aromatic carbocycles. The first-order valence-corrected chi connectivity index (χ1v) is 12.6. The van der Waals surface area contributed by atoms with Gasteiger partial charge in [0.05, 0.1) is 19.1 Å². The van der Waals surface area contributed by atoms with Gasteiger partial charge in [0.2, 0.25) is 21.8 Å². The lowest BCUT2D eigenvalue weighted by Gasteiger charge is -2.33. The second kappa shape index (κ2) is 11.4. The lowest BCUT2D eigenvalue weighted by molar-refractivity contribution is -0.140. The number of hydrogen-bond acceptors (Lipinski definition) is 5. The molecule has 0 aliphatic heterocycles. The first-order chi connectivity index (χ1) is 15.5. The summed E-state index contributed by atoms with van der Waals surface area (Å²) in [5, 5.41) is 2.88. The Kier molecular flexibility index (Phi) is 9.13. The summed E-state index contributed by atoms with van der Waals surface area (Å²) in [6.07, 6.45) is 1.36. The van der Waals surface area contributed by atoms with Crippen LogP contribution in [0.25, 0.3) is 0 Å². The summed E-state index contributed by atoms with van der Waals surface area (Å²) in [5.74, 6) is -0.606. The molecule has 2 rings (SSSR count). The van der Waals surface area contributed by atoms with Gasteiger partial charge in [0.1, 0.15) is 18.3 Å². The largest absolute Gasteiger partial charge is 0.495 e. The summed E-state index contributed by atoms with van der Waals surface area (Å²) in [4.78, 5) is 27.5. The van der Waals surface area contributed by atoms with Crippen molar-refractivity contribution in [2.24, 2.45) is 0 Å². The van der Waals surface area contributed by atoms with Gasteiger partial charge in [-0.25, -0.2) is 8.42 Å². The van der Waals surface area contributed by atoms with E-state index in [1.54, 1.807) is 13.0 Å². The number of sulfonamides is 1. The van der Waals surface area contributed by atoms with Crippen LogP contribution in [0.1, 0.15) is 24.5 Å². The molecule has 0 spiro atoms. The van der Waals surface area contributed by atoms with Gasteiger partial charge < -0.3 is 15.0 Å². The number of aryl methyl sites for hydroxylation is 1. The van der Waals surface area contributed by atoms with Crippen LogP contribution in [0.4, 0.5) is 5.69 Å². The molecular weight excluding hydrogens is 466 g/mol. The number of benzene rings is 2. The zero-order valence-corrected chi connectivity index (χ0v) is 21.0. The average molecular weight is 496 g/mol. The molecule has 0 radical (unpaired) electrons. The van der Waals surface area contributed by atoms with Crippen LogP contribution in [-0.2, 0) is 26.2 Å². The fourth-order valence-corrected chi connectivity index (χ4v) is 4.56. The molecule has 0 unspecified atom stereocenters. The number of likely N-dealkylation sites (N-methyl/N-ethyl adjacent to an activating group) is 1. The molecule has 2 aromatic rings. The number of halogens is 1. The molecule has 0 saturated heterocycles. The van der Waals surface area contributed by atoms with Crippen molar-refractivity contribution >= 4 is 39.1 Å². The minimum atomic E-state index is -3.89. The van der Waals surface area contributed by atoms with Crippen LogP contribution in [0.2, 0.25) is 5.02 Å². The summed E-state index contributed by atoms with van der Waals surface area (Å²) in [5.41, 5.74) is 1.98. The molecule has 0 aromatic heterocycles. The number of hydrogen-bond donors (Lipinski definition) is 1. The monoisotopic (exact) mass is 495 g/mol. The third-order valence-electron chi connectivity index (χ3n) is 5.16. The maximum atomic E-state index is 13.5. The molecule has 180 valence electrons. The number of nitrogens with zero attached hydrogens (tertiary/aromatic N) is 2. The predicted octanol–water partition coefficient (Wildman–Crippen LogP) is 2.98. The van der Waals surface area contributed by atoms with Crippen LogP contribution in [0.5, 0.6) is 5.75 Å². The summed E-state index contributed by atoms with van der Waals surface area (Å²) >= 11 is 6.10. The van der Waals surface area contributed by atoms with Crippen molar-refractivity contribution in [3.63, 3.8) is 0 Å². The molecule has 8 nitrogen and oxygen atoms in total. The van der Waals surface area contributed by atoms with Crippen molar-refractivity contribution in [2.45, 2.75) is 32.9 Å². The Balaban J connectivity index is 2.50. The van der Waals surface area contributed by atoms with Gasteiger partial charge in [0, 0.05) is 18.6 Å². The smallest absolute Gasteiger partial charge is 0.244 e. The molecular formula is C23H30ClN3O5S. The number of nitrogens with one attached hydrogen (secondary N) is 1. The van der Waals surface area contributed by atoms with E-state index in [0.717, 1.165) is 21.7 Å². The van der Waals surface area contributed by atoms with Gasteiger partial charge in [-0.3, -0.25) is 13.9 Å². The highest BCUT2D eigenvalue weighted by atomic mass is 35.5. The van der Waals surface area contributed by atoms with Crippen molar-refractivity contribution in [1.82, 2.24) is 10.2 Å². The molecule has 0 saturated carbocycles. The van der Waals surface area contributed by atoms with E-state index in [2.05, 4.69) is 5.32 Å². The second-order valence-electron chi connectivity index (χ2n) is 7.63. The van der Waals surface area contributed by atoms with Gasteiger partial charge in [0.15, 0.2) is 0 Å². The van der Waals surface area contributed by atoms with Crippen LogP contribution < -0.4 is 14.4 Å². The van der Waals surface area contributed by atoms with E-state index < -0.39 is 28.5 Å². The van der Waals surface area contributed by atoms with Crippen LogP contribution in [0, 0.1) is 6.92 Å². The van der Waals surface area contributed by atoms with Crippen LogP contribution in [0.15, 0.2) is 42.5 Å². The van der Waals surface area contributed by atoms with Crippen molar-refractivity contribution in [1.29, 1.82) is 0 Å². The molecule has 0 heterocycles. The minimum Gasteiger partial charge on any atom is -0.495 e. The quantitative estimate of drug-likeness (QED) is 0.546. The van der Waals surface area contributed by atoms with Gasteiger partial charge in [0.25, 0.3) is 0 Å². The van der Waals surface area contributed by atoms with E-state index in [-0.39, 0.29) is 23.9 Å². The topological polar surface area (TPSA) is 96.0 Å². The van der Waals surface area contributed by atoms with Crippen LogP contribution in [-0.4, -0.2) is 58.1 Å². The van der Waals surface area contributed by atoms with Crippen molar-refractivity contribution in [2.75, 3.05) is 31.3 Å². The lowest BCUT2D eigenvalue weighted by Crippen LogP contribution is -2.51. The number of rotatable bonds is 10. The van der Waals surface area contributed by atoms with E-state index in [9.17, 15) is 18.0 Å². The number of ether oxygens (including phenoxy) is 1. The number of carbonyl (C=O) groups is 2. The minimum absolute atomic E-state index is 0.143. The first kappa shape index (κ1) is 26.5. The number of amides is 2. The molecule has 1 atom stereocenters. The van der Waals surface area contributed by atoms with Crippen molar-refractivity contribution in [3.8, 4) is 5.75 Å². The van der Waals surface area contributed by atoms with E-state index in [4.69, 9.17) is 16.3 Å². The summed E-state index contributed by atoms with van der Waals surface area (Å²) in [6, 6.07) is 11.3. The predicted molar refractivity (Wildman–Crippen MR) is 130 cm³/mol. The molecule has 0 aliphatic rings. The van der Waals surface area contributed by atoms with E-state index >= 15 is 0 Å². The Morgan fingerprint density at radius 2 is 1.88 bits per heavy atom. The number of anilines is 1. The Morgan fingerprint density at radius 1 is 1.18 bits per heavy atom. The van der Waals surface area contributed by atoms with Crippen LogP contribution in [0.3, 0.4) is 0 Å². The number of carbonyl (C=O) groups excluding carboxylic acids is 2. The third kappa shape index (κ3) is 6.85. The second-order valence-corrected chi connectivity index (χ2v) is 9.98. The Bertz CT molecular complexity index is 1110.